The molecule has 1 aliphatic heterocycles. The minimum absolute atomic E-state index is 0.0226. The number of hydrogen-bond donors (Lipinski definition) is 0. The normalized spacial score (nSPS) is 14.8. The summed E-state index contributed by atoms with van der Waals surface area (Å²) in [4.78, 5) is 24.4. The molecule has 1 aliphatic rings. The maximum atomic E-state index is 13.0. The Kier molecular flexibility index (Phi) is 6.67. The van der Waals surface area contributed by atoms with Crippen molar-refractivity contribution in [2.24, 2.45) is 5.10 Å². The van der Waals surface area contributed by atoms with E-state index in [-0.39, 0.29) is 11.7 Å². The molecule has 1 heterocycles. The van der Waals surface area contributed by atoms with Crippen molar-refractivity contribution in [3.8, 4) is 11.5 Å². The average Bonchev–Trinajstić information content (AvgIpc) is 3.03. The number of ketones is 1. The molecule has 0 spiro atoms. The highest BCUT2D eigenvalue weighted by Crippen LogP contribution is 2.31. The largest absolute Gasteiger partial charge is 0.493 e. The van der Waals surface area contributed by atoms with Crippen LogP contribution >= 0.6 is 0 Å². The first-order chi connectivity index (χ1) is 14.4. The Bertz CT molecular complexity index is 1010. The number of Topliss-reactive ketones (excluding diaryl/α,β-unsaturated/α-hetero) is 1. The van der Waals surface area contributed by atoms with E-state index in [0.717, 1.165) is 18.4 Å². The Labute approximate surface area is 176 Å². The molecule has 30 heavy (non-hydrogen) atoms. The lowest BCUT2D eigenvalue weighted by atomic mass is 10.1. The highest BCUT2D eigenvalue weighted by atomic mass is 16.5. The first-order valence-electron chi connectivity index (χ1n) is 9.98. The van der Waals surface area contributed by atoms with Crippen LogP contribution in [0.2, 0.25) is 0 Å². The second-order valence-electron chi connectivity index (χ2n) is 7.08. The van der Waals surface area contributed by atoms with Gasteiger partial charge in [0.1, 0.15) is 0 Å². The number of unbranched alkanes of at least 4 members (excludes halogenated alkanes) is 1. The molecule has 0 radical (unpaired) electrons. The Balaban J connectivity index is 1.83. The quantitative estimate of drug-likeness (QED) is 0.356. The first kappa shape index (κ1) is 21.3. The Hall–Kier alpha value is -3.41. The molecule has 2 aromatic rings. The molecule has 0 N–H and O–H groups in total. The molecule has 0 saturated heterocycles. The Morgan fingerprint density at radius 2 is 1.87 bits per heavy atom. The van der Waals surface area contributed by atoms with Crippen LogP contribution in [0.25, 0.3) is 6.08 Å². The number of hydrogen-bond acceptors (Lipinski definition) is 5. The molecule has 3 rings (SSSR count). The average molecular weight is 406 g/mol. The summed E-state index contributed by atoms with van der Waals surface area (Å²) < 4.78 is 11.2. The zero-order valence-corrected chi connectivity index (χ0v) is 17.8. The molecular formula is C24H26N2O4. The second-order valence-corrected chi connectivity index (χ2v) is 7.08. The summed E-state index contributed by atoms with van der Waals surface area (Å²) in [5.74, 6) is 1.07. The van der Waals surface area contributed by atoms with Crippen molar-refractivity contribution in [3.05, 3.63) is 59.2 Å². The summed E-state index contributed by atoms with van der Waals surface area (Å²) in [5, 5.41) is 5.74. The molecule has 1 amide bonds. The number of carbonyl (C=O) groups excluding carboxylic acids is 2. The van der Waals surface area contributed by atoms with Gasteiger partial charge in [-0.2, -0.15) is 10.1 Å². The van der Waals surface area contributed by atoms with Gasteiger partial charge in [-0.05, 0) is 68.3 Å². The number of nitrogens with zero attached hydrogens (tertiary/aromatic N) is 2. The fourth-order valence-corrected chi connectivity index (χ4v) is 3.08. The van der Waals surface area contributed by atoms with Crippen LogP contribution in [0, 0.1) is 0 Å². The van der Waals surface area contributed by atoms with Gasteiger partial charge in [-0.1, -0.05) is 19.4 Å². The molecule has 0 fully saturated rings. The smallest absolute Gasteiger partial charge is 0.280 e. The van der Waals surface area contributed by atoms with Crippen LogP contribution in [-0.2, 0) is 4.79 Å². The first-order valence-corrected chi connectivity index (χ1v) is 9.98. The van der Waals surface area contributed by atoms with Crippen LogP contribution in [0.1, 0.15) is 49.5 Å². The van der Waals surface area contributed by atoms with Crippen molar-refractivity contribution in [1.82, 2.24) is 0 Å². The number of methoxy groups -OCH3 is 1. The Morgan fingerprint density at radius 1 is 1.13 bits per heavy atom. The highest BCUT2D eigenvalue weighted by molar-refractivity contribution is 6.32. The van der Waals surface area contributed by atoms with E-state index in [2.05, 4.69) is 12.0 Å². The van der Waals surface area contributed by atoms with Gasteiger partial charge in [0.15, 0.2) is 17.3 Å². The van der Waals surface area contributed by atoms with Gasteiger partial charge in [-0.3, -0.25) is 9.59 Å². The third kappa shape index (κ3) is 4.59. The van der Waals surface area contributed by atoms with Crippen LogP contribution < -0.4 is 14.5 Å². The topological polar surface area (TPSA) is 68.2 Å². The molecule has 0 aliphatic carbocycles. The van der Waals surface area contributed by atoms with Gasteiger partial charge in [0.25, 0.3) is 5.91 Å². The van der Waals surface area contributed by atoms with Gasteiger partial charge in [-0.25, -0.2) is 0 Å². The van der Waals surface area contributed by atoms with Crippen LogP contribution in [0.4, 0.5) is 5.69 Å². The van der Waals surface area contributed by atoms with Gasteiger partial charge in [0.05, 0.1) is 30.7 Å². The van der Waals surface area contributed by atoms with Crippen molar-refractivity contribution in [2.45, 2.75) is 33.6 Å². The number of benzene rings is 2. The van der Waals surface area contributed by atoms with Crippen molar-refractivity contribution >= 4 is 29.2 Å². The highest BCUT2D eigenvalue weighted by Gasteiger charge is 2.28. The zero-order chi connectivity index (χ0) is 21.7. The van der Waals surface area contributed by atoms with E-state index in [1.165, 1.54) is 11.9 Å². The maximum absolute atomic E-state index is 13.0. The lowest BCUT2D eigenvalue weighted by Crippen LogP contribution is -2.21. The second kappa shape index (κ2) is 9.39. The van der Waals surface area contributed by atoms with E-state index in [9.17, 15) is 9.59 Å². The van der Waals surface area contributed by atoms with Crippen molar-refractivity contribution in [2.75, 3.05) is 18.7 Å². The van der Waals surface area contributed by atoms with Crippen LogP contribution in [0.5, 0.6) is 11.5 Å². The molecule has 6 heteroatoms. The minimum Gasteiger partial charge on any atom is -0.493 e. The summed E-state index contributed by atoms with van der Waals surface area (Å²) >= 11 is 0. The lowest BCUT2D eigenvalue weighted by molar-refractivity contribution is -0.114. The van der Waals surface area contributed by atoms with Crippen LogP contribution in [0.15, 0.2) is 53.1 Å². The third-order valence-corrected chi connectivity index (χ3v) is 4.84. The standard InChI is InChI=1S/C24H26N2O4/c1-5-6-13-30-22-12-7-18(15-23(22)29-4)14-21-16(2)25-26(24(21)28)20-10-8-19(9-11-20)17(3)27/h7-12,14-15H,5-6,13H2,1-4H3/b21-14+. The molecule has 0 unspecified atom stereocenters. The van der Waals surface area contributed by atoms with Gasteiger partial charge < -0.3 is 9.47 Å². The number of carbonyl (C=O) groups is 2. The lowest BCUT2D eigenvalue weighted by Gasteiger charge is -2.12. The van der Waals surface area contributed by atoms with Crippen molar-refractivity contribution in [3.63, 3.8) is 0 Å². The van der Waals surface area contributed by atoms with Gasteiger partial charge in [-0.15, -0.1) is 0 Å². The molecule has 0 aromatic heterocycles. The number of anilines is 1. The summed E-state index contributed by atoms with van der Waals surface area (Å²) in [7, 11) is 1.60. The van der Waals surface area contributed by atoms with E-state index >= 15 is 0 Å². The van der Waals surface area contributed by atoms with Crippen molar-refractivity contribution in [1.29, 1.82) is 0 Å². The number of ether oxygens (including phenoxy) is 2. The van der Waals surface area contributed by atoms with E-state index < -0.39 is 0 Å². The number of hydrazone groups is 1. The third-order valence-electron chi connectivity index (χ3n) is 4.84. The molecule has 6 nitrogen and oxygen atoms in total. The SMILES string of the molecule is CCCCOc1ccc(/C=C2/C(=O)N(c3ccc(C(C)=O)cc3)N=C2C)cc1OC. The molecule has 0 bridgehead atoms. The van der Waals surface area contributed by atoms with Gasteiger partial charge in [0, 0.05) is 5.56 Å². The molecule has 2 aromatic carbocycles. The summed E-state index contributed by atoms with van der Waals surface area (Å²) in [6.45, 7) is 6.05. The van der Waals surface area contributed by atoms with E-state index in [1.54, 1.807) is 44.4 Å². The van der Waals surface area contributed by atoms with Crippen molar-refractivity contribution < 1.29 is 19.1 Å². The maximum Gasteiger partial charge on any atom is 0.280 e. The summed E-state index contributed by atoms with van der Waals surface area (Å²) in [5.41, 5.74) is 3.16. The minimum atomic E-state index is -0.217. The monoisotopic (exact) mass is 406 g/mol. The fourth-order valence-electron chi connectivity index (χ4n) is 3.08. The fraction of sp³-hybridized carbons (Fsp3) is 0.292. The predicted molar refractivity (Wildman–Crippen MR) is 118 cm³/mol. The van der Waals surface area contributed by atoms with Crippen LogP contribution in [-0.4, -0.2) is 31.1 Å². The molecular weight excluding hydrogens is 380 g/mol. The van der Waals surface area contributed by atoms with Gasteiger partial charge in [0.2, 0.25) is 0 Å². The van der Waals surface area contributed by atoms with E-state index in [1.807, 2.05) is 18.2 Å². The van der Waals surface area contributed by atoms with Gasteiger partial charge >= 0.3 is 0 Å². The van der Waals surface area contributed by atoms with E-state index in [4.69, 9.17) is 9.47 Å². The Morgan fingerprint density at radius 3 is 2.50 bits per heavy atom. The molecule has 0 atom stereocenters. The zero-order valence-electron chi connectivity index (χ0n) is 17.8. The predicted octanol–water partition coefficient (Wildman–Crippen LogP) is 4.88. The van der Waals surface area contributed by atoms with Crippen LogP contribution in [0.3, 0.4) is 0 Å². The number of amides is 1. The molecule has 156 valence electrons. The summed E-state index contributed by atoms with van der Waals surface area (Å²) in [6, 6.07) is 12.4. The molecule has 0 saturated carbocycles. The van der Waals surface area contributed by atoms with E-state index in [0.29, 0.717) is 40.6 Å². The summed E-state index contributed by atoms with van der Waals surface area (Å²) in [6.07, 6.45) is 3.83. The number of rotatable bonds is 8.